The second-order valence-corrected chi connectivity index (χ2v) is 6.27. The molecule has 0 atom stereocenters. The van der Waals surface area contributed by atoms with Crippen LogP contribution >= 0.6 is 23.6 Å². The summed E-state index contributed by atoms with van der Waals surface area (Å²) in [5, 5.41) is 5.82. The molecule has 23 heavy (non-hydrogen) atoms. The number of ether oxygens (including phenoxy) is 1. The normalized spacial score (nSPS) is 10.0. The van der Waals surface area contributed by atoms with Gasteiger partial charge in [-0.3, -0.25) is 14.4 Å². The third-order valence-electron chi connectivity index (χ3n) is 3.07. The lowest BCUT2D eigenvalue weighted by Gasteiger charge is -2.09. The van der Waals surface area contributed by atoms with E-state index in [-0.39, 0.29) is 18.0 Å². The molecule has 0 aromatic carbocycles. The average molecular weight is 357 g/mol. The molecular formula is C14H19N3O4S2. The Hall–Kier alpha value is -2.00. The number of nitrogens with two attached hydrogens (primary N) is 1. The number of carbonyl (C=O) groups is 3. The second kappa shape index (κ2) is 8.59. The average Bonchev–Trinajstić information content (AvgIpc) is 2.79. The Kier molecular flexibility index (Phi) is 7.11. The fourth-order valence-corrected chi connectivity index (χ4v) is 3.43. The van der Waals surface area contributed by atoms with E-state index in [1.807, 2.05) is 13.8 Å². The lowest BCUT2D eigenvalue weighted by atomic mass is 10.1. The largest absolute Gasteiger partial charge is 0.469 e. The Morgan fingerprint density at radius 3 is 2.48 bits per heavy atom. The molecule has 0 fully saturated rings. The first-order chi connectivity index (χ1) is 10.8. The van der Waals surface area contributed by atoms with Crippen LogP contribution in [0, 0.1) is 6.92 Å². The standard InChI is InChI=1S/C14H19N3O4S2/c1-4-8-7(2)23-13(11(8)12(15)20)17-14(22)16-9(18)5-6-10(19)21-3/h4-6H2,1-3H3,(H2,15,20)(H2,16,17,18,22). The quantitative estimate of drug-likeness (QED) is 0.525. The van der Waals surface area contributed by atoms with E-state index < -0.39 is 17.8 Å². The highest BCUT2D eigenvalue weighted by molar-refractivity contribution is 7.80. The summed E-state index contributed by atoms with van der Waals surface area (Å²) in [6, 6.07) is 0. The van der Waals surface area contributed by atoms with Gasteiger partial charge >= 0.3 is 5.97 Å². The number of primary amides is 1. The third kappa shape index (κ3) is 5.29. The molecule has 0 unspecified atom stereocenters. The number of nitrogens with one attached hydrogen (secondary N) is 2. The van der Waals surface area contributed by atoms with Crippen LogP contribution in [0.4, 0.5) is 5.00 Å². The molecule has 1 aromatic heterocycles. The summed E-state index contributed by atoms with van der Waals surface area (Å²) >= 11 is 6.40. The first-order valence-electron chi connectivity index (χ1n) is 6.89. The summed E-state index contributed by atoms with van der Waals surface area (Å²) in [7, 11) is 1.25. The van der Waals surface area contributed by atoms with Gasteiger partial charge in [0.15, 0.2) is 5.11 Å². The Morgan fingerprint density at radius 2 is 1.96 bits per heavy atom. The summed E-state index contributed by atoms with van der Waals surface area (Å²) in [4.78, 5) is 35.3. The fourth-order valence-electron chi connectivity index (χ4n) is 1.99. The first-order valence-corrected chi connectivity index (χ1v) is 8.12. The van der Waals surface area contributed by atoms with Gasteiger partial charge in [0.2, 0.25) is 5.91 Å². The van der Waals surface area contributed by atoms with Crippen molar-refractivity contribution in [1.29, 1.82) is 0 Å². The number of rotatable bonds is 6. The number of esters is 1. The maximum absolute atomic E-state index is 11.7. The number of anilines is 1. The van der Waals surface area contributed by atoms with Gasteiger partial charge in [-0.05, 0) is 31.1 Å². The van der Waals surface area contributed by atoms with Gasteiger partial charge in [0.1, 0.15) is 5.00 Å². The number of methoxy groups -OCH3 is 1. The molecule has 0 aliphatic heterocycles. The smallest absolute Gasteiger partial charge is 0.306 e. The SMILES string of the molecule is CCc1c(C)sc(NC(=S)NC(=O)CCC(=O)OC)c1C(N)=O. The second-order valence-electron chi connectivity index (χ2n) is 4.64. The molecule has 126 valence electrons. The number of carbonyl (C=O) groups excluding carboxylic acids is 3. The van der Waals surface area contributed by atoms with Gasteiger partial charge < -0.3 is 21.1 Å². The molecule has 2 amide bonds. The predicted octanol–water partition coefficient (Wildman–Crippen LogP) is 1.48. The minimum Gasteiger partial charge on any atom is -0.469 e. The van der Waals surface area contributed by atoms with Gasteiger partial charge in [-0.25, -0.2) is 0 Å². The zero-order chi connectivity index (χ0) is 17.6. The van der Waals surface area contributed by atoms with E-state index in [1.54, 1.807) is 0 Å². The number of thiocarbonyl (C=S) groups is 1. The molecule has 1 rings (SSSR count). The zero-order valence-corrected chi connectivity index (χ0v) is 14.8. The lowest BCUT2D eigenvalue weighted by molar-refractivity contribution is -0.142. The number of thiophene rings is 1. The topological polar surface area (TPSA) is 111 Å². The molecule has 0 saturated carbocycles. The van der Waals surface area contributed by atoms with Crippen molar-refractivity contribution in [3.05, 3.63) is 16.0 Å². The molecule has 0 radical (unpaired) electrons. The summed E-state index contributed by atoms with van der Waals surface area (Å²) in [6.07, 6.45) is 0.594. The molecule has 4 N–H and O–H groups in total. The first kappa shape index (κ1) is 19.0. The summed E-state index contributed by atoms with van der Waals surface area (Å²) in [5.74, 6) is -1.44. The monoisotopic (exact) mass is 357 g/mol. The number of hydrogen-bond donors (Lipinski definition) is 3. The maximum atomic E-state index is 11.7. The van der Waals surface area contributed by atoms with Crippen LogP contribution < -0.4 is 16.4 Å². The molecule has 9 heteroatoms. The fraction of sp³-hybridized carbons (Fsp3) is 0.429. The summed E-state index contributed by atoms with van der Waals surface area (Å²) in [6.45, 7) is 3.82. The van der Waals surface area contributed by atoms with Crippen LogP contribution in [0.25, 0.3) is 0 Å². The van der Waals surface area contributed by atoms with Gasteiger partial charge in [0.05, 0.1) is 19.1 Å². The molecule has 1 aromatic rings. The minimum atomic E-state index is -0.548. The Labute approximate surface area is 143 Å². The van der Waals surface area contributed by atoms with Crippen LogP contribution in [-0.4, -0.2) is 30.0 Å². The van der Waals surface area contributed by atoms with Crippen LogP contribution in [0.5, 0.6) is 0 Å². The van der Waals surface area contributed by atoms with Crippen LogP contribution in [0.15, 0.2) is 0 Å². The minimum absolute atomic E-state index is 0.0322. The van der Waals surface area contributed by atoms with Crippen molar-refractivity contribution < 1.29 is 19.1 Å². The van der Waals surface area contributed by atoms with Gasteiger partial charge in [-0.2, -0.15) is 0 Å². The van der Waals surface area contributed by atoms with Crippen molar-refractivity contribution in [2.75, 3.05) is 12.4 Å². The van der Waals surface area contributed by atoms with Crippen molar-refractivity contribution in [3.63, 3.8) is 0 Å². The van der Waals surface area contributed by atoms with Crippen LogP contribution in [0.1, 0.15) is 40.6 Å². The van der Waals surface area contributed by atoms with E-state index >= 15 is 0 Å². The van der Waals surface area contributed by atoms with E-state index in [1.165, 1.54) is 18.4 Å². The van der Waals surface area contributed by atoms with Crippen LogP contribution in [0.3, 0.4) is 0 Å². The number of hydrogen-bond acceptors (Lipinski definition) is 6. The Bertz CT molecular complexity index is 640. The summed E-state index contributed by atoms with van der Waals surface area (Å²) < 4.78 is 4.45. The van der Waals surface area contributed by atoms with Crippen molar-refractivity contribution >= 4 is 51.5 Å². The molecule has 7 nitrogen and oxygen atoms in total. The lowest BCUT2D eigenvalue weighted by Crippen LogP contribution is -2.34. The highest BCUT2D eigenvalue weighted by Gasteiger charge is 2.20. The molecule has 0 bridgehead atoms. The van der Waals surface area contributed by atoms with Gasteiger partial charge in [0.25, 0.3) is 5.91 Å². The molecule has 1 heterocycles. The van der Waals surface area contributed by atoms with Gasteiger partial charge in [0, 0.05) is 11.3 Å². The number of amides is 2. The van der Waals surface area contributed by atoms with E-state index in [0.29, 0.717) is 17.0 Å². The van der Waals surface area contributed by atoms with E-state index in [4.69, 9.17) is 18.0 Å². The molecule has 0 spiro atoms. The highest BCUT2D eigenvalue weighted by atomic mass is 32.1. The van der Waals surface area contributed by atoms with Crippen molar-refractivity contribution in [3.8, 4) is 0 Å². The molecule has 0 saturated heterocycles. The number of aryl methyl sites for hydroxylation is 1. The van der Waals surface area contributed by atoms with Crippen molar-refractivity contribution in [1.82, 2.24) is 5.32 Å². The Balaban J connectivity index is 2.73. The molecule has 0 aliphatic carbocycles. The molecule has 0 aliphatic rings. The molecular weight excluding hydrogens is 338 g/mol. The van der Waals surface area contributed by atoms with Gasteiger partial charge in [-0.1, -0.05) is 6.92 Å². The van der Waals surface area contributed by atoms with E-state index in [9.17, 15) is 14.4 Å². The van der Waals surface area contributed by atoms with Crippen molar-refractivity contribution in [2.24, 2.45) is 5.73 Å². The Morgan fingerprint density at radius 1 is 1.30 bits per heavy atom. The third-order valence-corrected chi connectivity index (χ3v) is 4.34. The van der Waals surface area contributed by atoms with Crippen LogP contribution in [-0.2, 0) is 20.7 Å². The van der Waals surface area contributed by atoms with Gasteiger partial charge in [-0.15, -0.1) is 11.3 Å². The van der Waals surface area contributed by atoms with E-state index in [0.717, 1.165) is 10.4 Å². The predicted molar refractivity (Wildman–Crippen MR) is 92.6 cm³/mol. The maximum Gasteiger partial charge on any atom is 0.306 e. The van der Waals surface area contributed by atoms with Crippen molar-refractivity contribution in [2.45, 2.75) is 33.1 Å². The summed E-state index contributed by atoms with van der Waals surface area (Å²) in [5.41, 5.74) is 6.68. The van der Waals surface area contributed by atoms with E-state index in [2.05, 4.69) is 15.4 Å². The zero-order valence-electron chi connectivity index (χ0n) is 13.1. The highest BCUT2D eigenvalue weighted by Crippen LogP contribution is 2.33. The van der Waals surface area contributed by atoms with Crippen LogP contribution in [0.2, 0.25) is 0 Å².